The molecule has 0 saturated heterocycles. The standard InChI is InChI=1S/C15H15ClN2O/c1-10-3-6-12(7-4-10)18(2)15(19)13-9-11(17)5-8-14(13)16/h3-9H,17H2,1-2H3. The summed E-state index contributed by atoms with van der Waals surface area (Å²) in [4.78, 5) is 13.9. The van der Waals surface area contributed by atoms with Gasteiger partial charge in [0.2, 0.25) is 0 Å². The summed E-state index contributed by atoms with van der Waals surface area (Å²) >= 11 is 6.04. The number of nitrogens with two attached hydrogens (primary N) is 1. The molecule has 0 atom stereocenters. The Morgan fingerprint density at radius 1 is 1.16 bits per heavy atom. The average Bonchev–Trinajstić information content (AvgIpc) is 2.41. The highest BCUT2D eigenvalue weighted by atomic mass is 35.5. The highest BCUT2D eigenvalue weighted by Crippen LogP contribution is 2.23. The minimum absolute atomic E-state index is 0.179. The molecule has 3 nitrogen and oxygen atoms in total. The summed E-state index contributed by atoms with van der Waals surface area (Å²) in [5.41, 5.74) is 8.58. The van der Waals surface area contributed by atoms with Crippen LogP contribution in [0.5, 0.6) is 0 Å². The second-order valence-corrected chi connectivity index (χ2v) is 4.85. The van der Waals surface area contributed by atoms with E-state index in [0.29, 0.717) is 16.3 Å². The van der Waals surface area contributed by atoms with Crippen molar-refractivity contribution in [3.8, 4) is 0 Å². The predicted octanol–water partition coefficient (Wildman–Crippen LogP) is 3.51. The number of hydrogen-bond donors (Lipinski definition) is 1. The Hall–Kier alpha value is -2.00. The molecule has 1 amide bonds. The van der Waals surface area contributed by atoms with Gasteiger partial charge in [-0.15, -0.1) is 0 Å². The fourth-order valence-corrected chi connectivity index (χ4v) is 1.97. The Kier molecular flexibility index (Phi) is 3.76. The van der Waals surface area contributed by atoms with Gasteiger partial charge in [0.1, 0.15) is 0 Å². The van der Waals surface area contributed by atoms with Crippen molar-refractivity contribution in [1.29, 1.82) is 0 Å². The zero-order valence-electron chi connectivity index (χ0n) is 10.9. The molecular weight excluding hydrogens is 260 g/mol. The molecule has 0 heterocycles. The largest absolute Gasteiger partial charge is 0.399 e. The zero-order valence-corrected chi connectivity index (χ0v) is 11.6. The highest BCUT2D eigenvalue weighted by molar-refractivity contribution is 6.34. The van der Waals surface area contributed by atoms with Crippen LogP contribution in [0.25, 0.3) is 0 Å². The molecule has 2 aromatic carbocycles. The first kappa shape index (κ1) is 13.4. The molecule has 0 unspecified atom stereocenters. The molecule has 0 aliphatic carbocycles. The van der Waals surface area contributed by atoms with E-state index in [1.54, 1.807) is 30.1 Å². The lowest BCUT2D eigenvalue weighted by Crippen LogP contribution is -2.26. The Bertz CT molecular complexity index is 608. The topological polar surface area (TPSA) is 46.3 Å². The SMILES string of the molecule is Cc1ccc(N(C)C(=O)c2cc(N)ccc2Cl)cc1. The molecule has 0 fully saturated rings. The third-order valence-corrected chi connectivity index (χ3v) is 3.28. The Morgan fingerprint density at radius 2 is 1.79 bits per heavy atom. The molecule has 0 radical (unpaired) electrons. The molecule has 2 aromatic rings. The molecule has 0 aliphatic heterocycles. The van der Waals surface area contributed by atoms with Crippen molar-refractivity contribution >= 4 is 28.9 Å². The summed E-state index contributed by atoms with van der Waals surface area (Å²) in [6.07, 6.45) is 0. The smallest absolute Gasteiger partial charge is 0.259 e. The molecule has 4 heteroatoms. The number of rotatable bonds is 2. The summed E-state index contributed by atoms with van der Waals surface area (Å²) in [6, 6.07) is 12.6. The number of aryl methyl sites for hydroxylation is 1. The maximum atomic E-state index is 12.4. The Labute approximate surface area is 117 Å². The number of carbonyl (C=O) groups is 1. The van der Waals surface area contributed by atoms with E-state index in [2.05, 4.69) is 0 Å². The first-order valence-electron chi connectivity index (χ1n) is 5.89. The molecule has 19 heavy (non-hydrogen) atoms. The van der Waals surface area contributed by atoms with Crippen LogP contribution in [-0.4, -0.2) is 13.0 Å². The summed E-state index contributed by atoms with van der Waals surface area (Å²) in [5, 5.41) is 0.401. The quantitative estimate of drug-likeness (QED) is 0.852. The van der Waals surface area contributed by atoms with Crippen LogP contribution in [0, 0.1) is 6.92 Å². The van der Waals surface area contributed by atoms with Crippen molar-refractivity contribution in [1.82, 2.24) is 0 Å². The van der Waals surface area contributed by atoms with Gasteiger partial charge in [0.25, 0.3) is 5.91 Å². The molecule has 0 bridgehead atoms. The molecule has 0 spiro atoms. The fraction of sp³-hybridized carbons (Fsp3) is 0.133. The van der Waals surface area contributed by atoms with E-state index in [1.165, 1.54) is 0 Å². The maximum absolute atomic E-state index is 12.4. The summed E-state index contributed by atoms with van der Waals surface area (Å²) in [6.45, 7) is 2.00. The van der Waals surface area contributed by atoms with Gasteiger partial charge in [-0.05, 0) is 37.3 Å². The van der Waals surface area contributed by atoms with Crippen molar-refractivity contribution in [2.24, 2.45) is 0 Å². The first-order valence-corrected chi connectivity index (χ1v) is 6.26. The molecule has 0 saturated carbocycles. The number of halogens is 1. The molecule has 2 rings (SSSR count). The van der Waals surface area contributed by atoms with Crippen molar-refractivity contribution in [3.05, 3.63) is 58.6 Å². The molecule has 0 aromatic heterocycles. The second kappa shape index (κ2) is 5.33. The van der Waals surface area contributed by atoms with Crippen LogP contribution in [0.1, 0.15) is 15.9 Å². The Morgan fingerprint density at radius 3 is 2.42 bits per heavy atom. The molecular formula is C15H15ClN2O. The van der Waals surface area contributed by atoms with Crippen molar-refractivity contribution in [3.63, 3.8) is 0 Å². The van der Waals surface area contributed by atoms with Crippen LogP contribution in [0.3, 0.4) is 0 Å². The van der Waals surface area contributed by atoms with Gasteiger partial charge >= 0.3 is 0 Å². The van der Waals surface area contributed by atoms with Gasteiger partial charge in [-0.1, -0.05) is 29.3 Å². The number of hydrogen-bond acceptors (Lipinski definition) is 2. The van der Waals surface area contributed by atoms with Crippen LogP contribution in [-0.2, 0) is 0 Å². The van der Waals surface area contributed by atoms with Gasteiger partial charge in [0, 0.05) is 18.4 Å². The number of carbonyl (C=O) groups excluding carboxylic acids is 1. The van der Waals surface area contributed by atoms with E-state index < -0.39 is 0 Å². The lowest BCUT2D eigenvalue weighted by Gasteiger charge is -2.18. The van der Waals surface area contributed by atoms with Gasteiger partial charge in [-0.25, -0.2) is 0 Å². The van der Waals surface area contributed by atoms with E-state index in [4.69, 9.17) is 17.3 Å². The van der Waals surface area contributed by atoms with Crippen LogP contribution in [0.15, 0.2) is 42.5 Å². The van der Waals surface area contributed by atoms with Gasteiger partial charge in [-0.2, -0.15) is 0 Å². The van der Waals surface area contributed by atoms with Crippen LogP contribution >= 0.6 is 11.6 Å². The predicted molar refractivity (Wildman–Crippen MR) is 79.8 cm³/mol. The van der Waals surface area contributed by atoms with E-state index in [-0.39, 0.29) is 5.91 Å². The van der Waals surface area contributed by atoms with E-state index in [9.17, 15) is 4.79 Å². The molecule has 0 aliphatic rings. The van der Waals surface area contributed by atoms with Crippen LogP contribution in [0.2, 0.25) is 5.02 Å². The minimum Gasteiger partial charge on any atom is -0.399 e. The summed E-state index contributed by atoms with van der Waals surface area (Å²) < 4.78 is 0. The number of amides is 1. The number of nitrogens with zero attached hydrogens (tertiary/aromatic N) is 1. The van der Waals surface area contributed by atoms with Crippen LogP contribution < -0.4 is 10.6 Å². The Balaban J connectivity index is 2.33. The van der Waals surface area contributed by atoms with Crippen molar-refractivity contribution in [2.45, 2.75) is 6.92 Å². The average molecular weight is 275 g/mol. The molecule has 98 valence electrons. The zero-order chi connectivity index (χ0) is 14.0. The third-order valence-electron chi connectivity index (χ3n) is 2.95. The summed E-state index contributed by atoms with van der Waals surface area (Å²) in [5.74, 6) is -0.179. The van der Waals surface area contributed by atoms with E-state index >= 15 is 0 Å². The lowest BCUT2D eigenvalue weighted by molar-refractivity contribution is 0.0993. The molecule has 2 N–H and O–H groups in total. The monoisotopic (exact) mass is 274 g/mol. The third kappa shape index (κ3) is 2.88. The van der Waals surface area contributed by atoms with E-state index in [1.807, 2.05) is 31.2 Å². The van der Waals surface area contributed by atoms with E-state index in [0.717, 1.165) is 11.3 Å². The number of anilines is 2. The van der Waals surface area contributed by atoms with Crippen LogP contribution in [0.4, 0.5) is 11.4 Å². The van der Waals surface area contributed by atoms with Gasteiger partial charge in [0.05, 0.1) is 10.6 Å². The van der Waals surface area contributed by atoms with Crippen molar-refractivity contribution < 1.29 is 4.79 Å². The minimum atomic E-state index is -0.179. The first-order chi connectivity index (χ1) is 8.99. The van der Waals surface area contributed by atoms with Crippen molar-refractivity contribution in [2.75, 3.05) is 17.7 Å². The second-order valence-electron chi connectivity index (χ2n) is 4.44. The number of benzene rings is 2. The van der Waals surface area contributed by atoms with Gasteiger partial charge in [0.15, 0.2) is 0 Å². The lowest BCUT2D eigenvalue weighted by atomic mass is 10.1. The normalized spacial score (nSPS) is 10.3. The van der Waals surface area contributed by atoms with Gasteiger partial charge in [-0.3, -0.25) is 4.79 Å². The highest BCUT2D eigenvalue weighted by Gasteiger charge is 2.16. The van der Waals surface area contributed by atoms with Gasteiger partial charge < -0.3 is 10.6 Å². The summed E-state index contributed by atoms with van der Waals surface area (Å²) in [7, 11) is 1.71. The fourth-order valence-electron chi connectivity index (χ4n) is 1.77. The number of nitrogen functional groups attached to an aromatic ring is 1. The maximum Gasteiger partial charge on any atom is 0.259 e.